The van der Waals surface area contributed by atoms with Crippen LogP contribution in [0.1, 0.15) is 28.9 Å². The number of halogens is 1. The molecule has 21 heavy (non-hydrogen) atoms. The highest BCUT2D eigenvalue weighted by atomic mass is 19.1. The summed E-state index contributed by atoms with van der Waals surface area (Å²) in [4.78, 5) is 25.6. The molecule has 0 radical (unpaired) electrons. The van der Waals surface area contributed by atoms with E-state index in [1.165, 1.54) is 6.07 Å². The summed E-state index contributed by atoms with van der Waals surface area (Å²) in [6.45, 7) is 1.76. The van der Waals surface area contributed by atoms with E-state index in [4.69, 9.17) is 0 Å². The molecule has 0 saturated carbocycles. The van der Waals surface area contributed by atoms with E-state index in [9.17, 15) is 19.3 Å². The number of nitrogens with one attached hydrogen (secondary N) is 1. The van der Waals surface area contributed by atoms with Crippen LogP contribution in [0.5, 0.6) is 0 Å². The van der Waals surface area contributed by atoms with Crippen LogP contribution in [-0.2, 0) is 0 Å². The van der Waals surface area contributed by atoms with Crippen LogP contribution in [0, 0.1) is 15.9 Å². The van der Waals surface area contributed by atoms with Crippen molar-refractivity contribution in [3.05, 3.63) is 69.8 Å². The first-order valence-corrected chi connectivity index (χ1v) is 6.14. The maximum atomic E-state index is 13.5. The third kappa shape index (κ3) is 3.38. The molecule has 0 aliphatic carbocycles. The number of carbonyl (C=O) groups is 1. The summed E-state index contributed by atoms with van der Waals surface area (Å²) >= 11 is 0. The quantitative estimate of drug-likeness (QED) is 0.692. The smallest absolute Gasteiger partial charge is 0.304 e. The SMILES string of the molecule is CC(NC(=O)c1ccc([N+](=O)[O-])c(F)c1)c1cccnc1. The predicted octanol–water partition coefficient (Wildman–Crippen LogP) is 2.62. The topological polar surface area (TPSA) is 85.1 Å². The molecule has 0 spiro atoms. The van der Waals surface area contributed by atoms with Gasteiger partial charge in [-0.2, -0.15) is 4.39 Å². The van der Waals surface area contributed by atoms with Crippen LogP contribution in [0.3, 0.4) is 0 Å². The van der Waals surface area contributed by atoms with E-state index in [-0.39, 0.29) is 11.6 Å². The Morgan fingerprint density at radius 2 is 2.19 bits per heavy atom. The van der Waals surface area contributed by atoms with Crippen molar-refractivity contribution in [3.63, 3.8) is 0 Å². The first-order valence-electron chi connectivity index (χ1n) is 6.14. The monoisotopic (exact) mass is 289 g/mol. The highest BCUT2D eigenvalue weighted by molar-refractivity contribution is 5.94. The van der Waals surface area contributed by atoms with Gasteiger partial charge in [-0.15, -0.1) is 0 Å². The molecule has 1 atom stereocenters. The number of aromatic nitrogens is 1. The molecule has 0 fully saturated rings. The van der Waals surface area contributed by atoms with E-state index >= 15 is 0 Å². The zero-order valence-electron chi connectivity index (χ0n) is 11.1. The van der Waals surface area contributed by atoms with Crippen LogP contribution in [0.15, 0.2) is 42.7 Å². The molecule has 1 heterocycles. The van der Waals surface area contributed by atoms with E-state index in [1.54, 1.807) is 31.5 Å². The first kappa shape index (κ1) is 14.6. The van der Waals surface area contributed by atoms with Crippen molar-refractivity contribution >= 4 is 11.6 Å². The summed E-state index contributed by atoms with van der Waals surface area (Å²) in [6.07, 6.45) is 3.23. The predicted molar refractivity (Wildman–Crippen MR) is 73.2 cm³/mol. The molecule has 1 aromatic carbocycles. The first-order chi connectivity index (χ1) is 9.99. The maximum absolute atomic E-state index is 13.5. The lowest BCUT2D eigenvalue weighted by Gasteiger charge is -2.13. The van der Waals surface area contributed by atoms with Gasteiger partial charge in [-0.3, -0.25) is 19.9 Å². The minimum atomic E-state index is -1.04. The van der Waals surface area contributed by atoms with E-state index in [0.29, 0.717) is 0 Å². The van der Waals surface area contributed by atoms with Gasteiger partial charge in [0.1, 0.15) is 0 Å². The lowest BCUT2D eigenvalue weighted by atomic mass is 10.1. The van der Waals surface area contributed by atoms with E-state index in [0.717, 1.165) is 17.7 Å². The van der Waals surface area contributed by atoms with Crippen molar-refractivity contribution in [2.75, 3.05) is 0 Å². The number of hydrogen-bond donors (Lipinski definition) is 1. The molecule has 2 rings (SSSR count). The van der Waals surface area contributed by atoms with Gasteiger partial charge in [-0.1, -0.05) is 6.07 Å². The number of nitro groups is 1. The Balaban J connectivity index is 2.14. The average molecular weight is 289 g/mol. The number of nitro benzene ring substituents is 1. The minimum absolute atomic E-state index is 0.0221. The number of hydrogen-bond acceptors (Lipinski definition) is 4. The lowest BCUT2D eigenvalue weighted by Crippen LogP contribution is -2.26. The molecule has 0 aliphatic rings. The Kier molecular flexibility index (Phi) is 4.22. The summed E-state index contributed by atoms with van der Waals surface area (Å²) in [5.41, 5.74) is 0.161. The van der Waals surface area contributed by atoms with Crippen LogP contribution in [-0.4, -0.2) is 15.8 Å². The molecule has 2 aromatic rings. The fourth-order valence-electron chi connectivity index (χ4n) is 1.79. The fraction of sp³-hybridized carbons (Fsp3) is 0.143. The van der Waals surface area contributed by atoms with Crippen molar-refractivity contribution in [1.29, 1.82) is 0 Å². The molecule has 108 valence electrons. The van der Waals surface area contributed by atoms with Crippen molar-refractivity contribution in [3.8, 4) is 0 Å². The highest BCUT2D eigenvalue weighted by Gasteiger charge is 2.18. The molecule has 1 aromatic heterocycles. The van der Waals surface area contributed by atoms with Crippen LogP contribution in [0.25, 0.3) is 0 Å². The van der Waals surface area contributed by atoms with Gasteiger partial charge in [0, 0.05) is 24.0 Å². The molecule has 1 amide bonds. The largest absolute Gasteiger partial charge is 0.345 e. The molecule has 1 unspecified atom stereocenters. The second-order valence-corrected chi connectivity index (χ2v) is 4.40. The van der Waals surface area contributed by atoms with E-state index in [2.05, 4.69) is 10.3 Å². The van der Waals surface area contributed by atoms with Crippen LogP contribution in [0.4, 0.5) is 10.1 Å². The van der Waals surface area contributed by atoms with Gasteiger partial charge in [-0.05, 0) is 30.7 Å². The summed E-state index contributed by atoms with van der Waals surface area (Å²) in [5.74, 6) is -1.55. The Labute approximate surface area is 119 Å². The number of benzene rings is 1. The second kappa shape index (κ2) is 6.08. The van der Waals surface area contributed by atoms with E-state index in [1.807, 2.05) is 0 Å². The van der Waals surface area contributed by atoms with Gasteiger partial charge in [-0.25, -0.2) is 0 Å². The molecule has 0 bridgehead atoms. The summed E-state index contributed by atoms with van der Waals surface area (Å²) < 4.78 is 13.5. The third-order valence-corrected chi connectivity index (χ3v) is 2.94. The minimum Gasteiger partial charge on any atom is -0.345 e. The third-order valence-electron chi connectivity index (χ3n) is 2.94. The number of carbonyl (C=O) groups excluding carboxylic acids is 1. The average Bonchev–Trinajstić information content (AvgIpc) is 2.47. The lowest BCUT2D eigenvalue weighted by molar-refractivity contribution is -0.387. The molecule has 1 N–H and O–H groups in total. The van der Waals surface area contributed by atoms with Crippen molar-refractivity contribution in [2.45, 2.75) is 13.0 Å². The van der Waals surface area contributed by atoms with Crippen LogP contribution < -0.4 is 5.32 Å². The Bertz CT molecular complexity index is 676. The number of nitrogens with zero attached hydrogens (tertiary/aromatic N) is 2. The van der Waals surface area contributed by atoms with Crippen LogP contribution >= 0.6 is 0 Å². The summed E-state index contributed by atoms with van der Waals surface area (Å²) in [7, 11) is 0. The highest BCUT2D eigenvalue weighted by Crippen LogP contribution is 2.19. The number of rotatable bonds is 4. The van der Waals surface area contributed by atoms with Gasteiger partial charge < -0.3 is 5.32 Å². The van der Waals surface area contributed by atoms with Crippen molar-refractivity contribution < 1.29 is 14.1 Å². The van der Waals surface area contributed by atoms with E-state index < -0.39 is 22.3 Å². The van der Waals surface area contributed by atoms with Crippen molar-refractivity contribution in [2.24, 2.45) is 0 Å². The molecule has 0 saturated heterocycles. The Morgan fingerprint density at radius 1 is 1.43 bits per heavy atom. The normalized spacial score (nSPS) is 11.7. The Morgan fingerprint density at radius 3 is 2.76 bits per heavy atom. The fourth-order valence-corrected chi connectivity index (χ4v) is 1.79. The summed E-state index contributed by atoms with van der Waals surface area (Å²) in [5, 5.41) is 13.2. The Hall–Kier alpha value is -2.83. The second-order valence-electron chi connectivity index (χ2n) is 4.40. The zero-order chi connectivity index (χ0) is 15.4. The van der Waals surface area contributed by atoms with Gasteiger partial charge in [0.15, 0.2) is 0 Å². The van der Waals surface area contributed by atoms with Crippen LogP contribution in [0.2, 0.25) is 0 Å². The maximum Gasteiger partial charge on any atom is 0.304 e. The van der Waals surface area contributed by atoms with Crippen molar-refractivity contribution in [1.82, 2.24) is 10.3 Å². The molecule has 0 aliphatic heterocycles. The number of amides is 1. The molecule has 6 nitrogen and oxygen atoms in total. The zero-order valence-corrected chi connectivity index (χ0v) is 11.1. The van der Waals surface area contributed by atoms with Gasteiger partial charge in [0.05, 0.1) is 11.0 Å². The van der Waals surface area contributed by atoms with Gasteiger partial charge in [0.25, 0.3) is 5.91 Å². The molecule has 7 heteroatoms. The standard InChI is InChI=1S/C14H12FN3O3/c1-9(11-3-2-6-16-8-11)17-14(19)10-4-5-13(18(20)21)12(15)7-10/h2-9H,1H3,(H,17,19). The molecular weight excluding hydrogens is 277 g/mol. The number of pyridine rings is 1. The molecular formula is C14H12FN3O3. The van der Waals surface area contributed by atoms with Gasteiger partial charge in [0.2, 0.25) is 5.82 Å². The summed E-state index contributed by atoms with van der Waals surface area (Å²) in [6, 6.07) is 6.26. The van der Waals surface area contributed by atoms with Gasteiger partial charge >= 0.3 is 5.69 Å².